The number of hydrogen-bond donors (Lipinski definition) is 1. The van der Waals surface area contributed by atoms with E-state index >= 15 is 0 Å². The van der Waals surface area contributed by atoms with Crippen LogP contribution in [0.5, 0.6) is 0 Å². The molecule has 2 aromatic carbocycles. The molecule has 4 heterocycles. The van der Waals surface area contributed by atoms with Crippen LogP contribution in [0.1, 0.15) is 33.6 Å². The summed E-state index contributed by atoms with van der Waals surface area (Å²) in [7, 11) is -3.53. The highest BCUT2D eigenvalue weighted by Gasteiger charge is 2.24. The van der Waals surface area contributed by atoms with Gasteiger partial charge in [-0.1, -0.05) is 6.07 Å². The van der Waals surface area contributed by atoms with Crippen LogP contribution in [0.4, 0.5) is 20.3 Å². The third-order valence-electron chi connectivity index (χ3n) is 6.98. The van der Waals surface area contributed by atoms with Gasteiger partial charge >= 0.3 is 0 Å². The molecule has 1 N–H and O–H groups in total. The lowest BCUT2D eigenvalue weighted by molar-refractivity contribution is 0.0950. The van der Waals surface area contributed by atoms with Crippen LogP contribution in [0, 0.1) is 11.6 Å². The predicted molar refractivity (Wildman–Crippen MR) is 141 cm³/mol. The van der Waals surface area contributed by atoms with Gasteiger partial charge in [-0.05, 0) is 60.4 Å². The Balaban J connectivity index is 1.23. The van der Waals surface area contributed by atoms with Crippen LogP contribution in [0.2, 0.25) is 0 Å². The predicted octanol–water partition coefficient (Wildman–Crippen LogP) is 4.23. The lowest BCUT2D eigenvalue weighted by Crippen LogP contribution is -2.26. The smallest absolute Gasteiger partial charge is 0.251 e. The van der Waals surface area contributed by atoms with Crippen molar-refractivity contribution < 1.29 is 26.7 Å². The maximum absolute atomic E-state index is 14.0. The quantitative estimate of drug-likeness (QED) is 0.406. The molecular formula is C28H24F2N4O4S. The second-order valence-corrected chi connectivity index (χ2v) is 11.6. The van der Waals surface area contributed by atoms with Crippen molar-refractivity contribution in [3.63, 3.8) is 0 Å². The number of benzene rings is 2. The SMILES string of the molecule is O=C(NCc1cc2nc(N3CCCc4cc(F)c(F)cc43)ccc2cn1)c1ccc2c(c1)S(=O)(=O)CCOC2. The Bertz CT molecular complexity index is 1730. The number of sulfone groups is 1. The largest absolute Gasteiger partial charge is 0.376 e. The summed E-state index contributed by atoms with van der Waals surface area (Å²) in [4.78, 5) is 24.0. The molecule has 0 saturated heterocycles. The highest BCUT2D eigenvalue weighted by atomic mass is 32.2. The molecule has 8 nitrogen and oxygen atoms in total. The average Bonchev–Trinajstić information content (AvgIpc) is 3.08. The average molecular weight is 551 g/mol. The summed E-state index contributed by atoms with van der Waals surface area (Å²) < 4.78 is 58.2. The number of fused-ring (bicyclic) bond motifs is 3. The number of carbonyl (C=O) groups is 1. The maximum Gasteiger partial charge on any atom is 0.251 e. The number of hydrogen-bond acceptors (Lipinski definition) is 7. The summed E-state index contributed by atoms with van der Waals surface area (Å²) in [6, 6.07) is 12.5. The minimum absolute atomic E-state index is 0.102. The Morgan fingerprint density at radius 1 is 1.05 bits per heavy atom. The fourth-order valence-corrected chi connectivity index (χ4v) is 6.34. The van der Waals surface area contributed by atoms with Crippen LogP contribution in [0.15, 0.2) is 59.6 Å². The number of pyridine rings is 2. The molecule has 6 rings (SSSR count). The van der Waals surface area contributed by atoms with Gasteiger partial charge in [0, 0.05) is 35.4 Å². The number of halogens is 2. The standard InChI is InChI=1S/C28H24F2N4O4S/c29-22-10-17-2-1-7-34(25(17)13-23(22)30)27-6-5-19-14-31-21(12-24(19)33-27)15-32-28(35)18-3-4-20-16-38-8-9-39(36,37)26(20)11-18/h3-6,10-14H,1-2,7-9,15-16H2,(H,32,35). The number of ether oxygens (including phenoxy) is 1. The minimum atomic E-state index is -3.53. The van der Waals surface area contributed by atoms with Crippen molar-refractivity contribution in [2.45, 2.75) is 30.9 Å². The number of rotatable bonds is 4. The second-order valence-electron chi connectivity index (χ2n) is 9.56. The van der Waals surface area contributed by atoms with E-state index in [1.54, 1.807) is 24.4 Å². The van der Waals surface area contributed by atoms with Crippen molar-refractivity contribution in [2.24, 2.45) is 0 Å². The lowest BCUT2D eigenvalue weighted by Gasteiger charge is -2.30. The first-order valence-electron chi connectivity index (χ1n) is 12.5. The normalized spacial score (nSPS) is 16.3. The number of nitrogens with one attached hydrogen (secondary N) is 1. The summed E-state index contributed by atoms with van der Waals surface area (Å²) in [6.07, 6.45) is 3.10. The summed E-state index contributed by atoms with van der Waals surface area (Å²) in [5.41, 5.74) is 3.29. The van der Waals surface area contributed by atoms with Crippen LogP contribution in [-0.2, 0) is 34.1 Å². The van der Waals surface area contributed by atoms with Crippen molar-refractivity contribution in [3.8, 4) is 0 Å². The van der Waals surface area contributed by atoms with E-state index < -0.39 is 27.4 Å². The Morgan fingerprint density at radius 3 is 2.77 bits per heavy atom. The molecule has 0 bridgehead atoms. The Kier molecular flexibility index (Phi) is 6.48. The first-order chi connectivity index (χ1) is 18.8. The number of nitrogens with zero attached hydrogens (tertiary/aromatic N) is 3. The number of amides is 1. The van der Waals surface area contributed by atoms with E-state index in [9.17, 15) is 22.0 Å². The fourth-order valence-electron chi connectivity index (χ4n) is 4.95. The molecule has 4 aromatic rings. The summed E-state index contributed by atoms with van der Waals surface area (Å²) in [5.74, 6) is -1.71. The van der Waals surface area contributed by atoms with Gasteiger partial charge in [-0.2, -0.15) is 0 Å². The van der Waals surface area contributed by atoms with E-state index in [-0.39, 0.29) is 36.0 Å². The molecule has 0 atom stereocenters. The highest BCUT2D eigenvalue weighted by molar-refractivity contribution is 7.91. The van der Waals surface area contributed by atoms with E-state index in [2.05, 4.69) is 10.3 Å². The topological polar surface area (TPSA) is 101 Å². The van der Waals surface area contributed by atoms with Crippen LogP contribution >= 0.6 is 0 Å². The minimum Gasteiger partial charge on any atom is -0.376 e. The van der Waals surface area contributed by atoms with Gasteiger partial charge in [-0.25, -0.2) is 22.2 Å². The molecule has 0 spiro atoms. The molecule has 0 fully saturated rings. The molecule has 0 unspecified atom stereocenters. The van der Waals surface area contributed by atoms with Gasteiger partial charge in [0.1, 0.15) is 5.82 Å². The zero-order valence-electron chi connectivity index (χ0n) is 20.8. The molecule has 0 aliphatic carbocycles. The number of anilines is 2. The first-order valence-corrected chi connectivity index (χ1v) is 14.2. The molecule has 0 saturated carbocycles. The van der Waals surface area contributed by atoms with Crippen molar-refractivity contribution >= 4 is 38.2 Å². The highest BCUT2D eigenvalue weighted by Crippen LogP contribution is 2.34. The van der Waals surface area contributed by atoms with Crippen LogP contribution in [-0.4, -0.2) is 43.2 Å². The Hall–Kier alpha value is -3.96. The van der Waals surface area contributed by atoms with E-state index in [1.165, 1.54) is 18.2 Å². The second kappa shape index (κ2) is 9.97. The Labute approximate surface area is 223 Å². The summed E-state index contributed by atoms with van der Waals surface area (Å²) >= 11 is 0. The first kappa shape index (κ1) is 25.3. The van der Waals surface area contributed by atoms with E-state index in [0.717, 1.165) is 17.4 Å². The molecule has 1 amide bonds. The van der Waals surface area contributed by atoms with Crippen LogP contribution in [0.25, 0.3) is 10.9 Å². The Morgan fingerprint density at radius 2 is 1.90 bits per heavy atom. The molecule has 11 heteroatoms. The van der Waals surface area contributed by atoms with Gasteiger partial charge in [0.05, 0.1) is 41.6 Å². The van der Waals surface area contributed by atoms with Gasteiger partial charge in [-0.15, -0.1) is 0 Å². The van der Waals surface area contributed by atoms with Crippen LogP contribution in [0.3, 0.4) is 0 Å². The summed E-state index contributed by atoms with van der Waals surface area (Å²) in [6.45, 7) is 1.01. The van der Waals surface area contributed by atoms with E-state index in [0.29, 0.717) is 41.2 Å². The molecule has 2 aliphatic heterocycles. The zero-order chi connectivity index (χ0) is 27.1. The van der Waals surface area contributed by atoms with Crippen molar-refractivity contribution in [3.05, 3.63) is 88.7 Å². The van der Waals surface area contributed by atoms with E-state index in [1.807, 2.05) is 17.0 Å². The number of aromatic nitrogens is 2. The fraction of sp³-hybridized carbons (Fsp3) is 0.250. The van der Waals surface area contributed by atoms with Gasteiger partial charge in [0.2, 0.25) is 0 Å². The van der Waals surface area contributed by atoms with Gasteiger partial charge in [0.25, 0.3) is 5.91 Å². The molecule has 2 aliphatic rings. The van der Waals surface area contributed by atoms with Crippen LogP contribution < -0.4 is 10.2 Å². The van der Waals surface area contributed by atoms with Crippen molar-refractivity contribution in [2.75, 3.05) is 23.8 Å². The van der Waals surface area contributed by atoms with Gasteiger partial charge in [-0.3, -0.25) is 9.78 Å². The van der Waals surface area contributed by atoms with Gasteiger partial charge < -0.3 is 15.0 Å². The monoisotopic (exact) mass is 550 g/mol. The van der Waals surface area contributed by atoms with Gasteiger partial charge in [0.15, 0.2) is 21.5 Å². The van der Waals surface area contributed by atoms with E-state index in [4.69, 9.17) is 9.72 Å². The maximum atomic E-state index is 14.0. The number of aryl methyl sites for hydroxylation is 1. The molecule has 39 heavy (non-hydrogen) atoms. The molecular weight excluding hydrogens is 526 g/mol. The lowest BCUT2D eigenvalue weighted by atomic mass is 10.0. The third-order valence-corrected chi connectivity index (χ3v) is 8.73. The zero-order valence-corrected chi connectivity index (χ0v) is 21.6. The third kappa shape index (κ3) is 4.95. The van der Waals surface area contributed by atoms with Crippen molar-refractivity contribution in [1.29, 1.82) is 0 Å². The molecule has 200 valence electrons. The molecule has 2 aromatic heterocycles. The molecule has 0 radical (unpaired) electrons. The number of carbonyl (C=O) groups excluding carboxylic acids is 1. The summed E-state index contributed by atoms with van der Waals surface area (Å²) in [5, 5.41) is 3.58. The van der Waals surface area contributed by atoms with Crippen molar-refractivity contribution in [1.82, 2.24) is 15.3 Å².